The first-order chi connectivity index (χ1) is 14.8. The molecule has 2 aromatic carbocycles. The normalized spacial score (nSPS) is 12.4. The number of aryl methyl sites for hydroxylation is 1. The molecule has 172 valence electrons. The Morgan fingerprint density at radius 2 is 1.50 bits per heavy atom. The Hall–Kier alpha value is -2.56. The predicted octanol–water partition coefficient (Wildman–Crippen LogP) is 6.25. The van der Waals surface area contributed by atoms with Gasteiger partial charge in [-0.25, -0.2) is 8.78 Å². The molecule has 3 aromatic rings. The van der Waals surface area contributed by atoms with Gasteiger partial charge in [-0.3, -0.25) is 0 Å². The summed E-state index contributed by atoms with van der Waals surface area (Å²) in [4.78, 5) is 4.76. The Labute approximate surface area is 191 Å². The summed E-state index contributed by atoms with van der Waals surface area (Å²) in [7, 11) is 1.89. The van der Waals surface area contributed by atoms with Crippen molar-refractivity contribution in [1.82, 2.24) is 9.67 Å². The van der Waals surface area contributed by atoms with Gasteiger partial charge in [0, 0.05) is 12.5 Å². The second-order valence-electron chi connectivity index (χ2n) is 10.7. The first kappa shape index (κ1) is 24.1. The van der Waals surface area contributed by atoms with Crippen LogP contribution in [0.2, 0.25) is 0 Å². The van der Waals surface area contributed by atoms with E-state index >= 15 is 0 Å². The van der Waals surface area contributed by atoms with E-state index < -0.39 is 11.6 Å². The fourth-order valence-corrected chi connectivity index (χ4v) is 3.87. The summed E-state index contributed by atoms with van der Waals surface area (Å²) >= 11 is 0. The minimum Gasteiger partial charge on any atom is -0.207 e. The molecule has 0 unspecified atom stereocenters. The third-order valence-corrected chi connectivity index (χ3v) is 5.90. The lowest BCUT2D eigenvalue weighted by atomic mass is 9.79. The second-order valence-corrected chi connectivity index (χ2v) is 10.7. The van der Waals surface area contributed by atoms with Gasteiger partial charge in [0.25, 0.3) is 5.82 Å². The maximum absolute atomic E-state index is 14.5. The minimum atomic E-state index is -0.599. The summed E-state index contributed by atoms with van der Waals surface area (Å²) in [6, 6.07) is 10.5. The van der Waals surface area contributed by atoms with Gasteiger partial charge in [0.15, 0.2) is 0 Å². The molecular formula is C27H36F2N3+. The average Bonchev–Trinajstić information content (AvgIpc) is 2.96. The van der Waals surface area contributed by atoms with Crippen LogP contribution >= 0.6 is 0 Å². The largest absolute Gasteiger partial charge is 0.353 e. The van der Waals surface area contributed by atoms with Gasteiger partial charge >= 0.3 is 5.82 Å². The third-order valence-electron chi connectivity index (χ3n) is 5.90. The van der Waals surface area contributed by atoms with Crippen molar-refractivity contribution in [3.8, 4) is 11.4 Å². The van der Waals surface area contributed by atoms with E-state index in [1.165, 1.54) is 28.8 Å². The summed E-state index contributed by atoms with van der Waals surface area (Å²) in [5.41, 5.74) is 4.15. The Morgan fingerprint density at radius 3 is 2.00 bits per heavy atom. The summed E-state index contributed by atoms with van der Waals surface area (Å²) in [6.45, 7) is 16.1. The fourth-order valence-electron chi connectivity index (χ4n) is 3.87. The van der Waals surface area contributed by atoms with E-state index in [4.69, 9.17) is 4.98 Å². The maximum Gasteiger partial charge on any atom is 0.353 e. The van der Waals surface area contributed by atoms with Gasteiger partial charge in [0.2, 0.25) is 0 Å². The fraction of sp³-hybridized carbons (Fsp3) is 0.481. The summed E-state index contributed by atoms with van der Waals surface area (Å²) in [5, 5.41) is 0. The zero-order valence-corrected chi connectivity index (χ0v) is 20.7. The van der Waals surface area contributed by atoms with Crippen LogP contribution in [0.3, 0.4) is 0 Å². The molecule has 0 aliphatic rings. The van der Waals surface area contributed by atoms with E-state index in [2.05, 4.69) is 71.3 Å². The molecule has 0 amide bonds. The highest BCUT2D eigenvalue weighted by Crippen LogP contribution is 2.31. The van der Waals surface area contributed by atoms with Crippen LogP contribution in [0.4, 0.5) is 8.78 Å². The first-order valence-electron chi connectivity index (χ1n) is 11.4. The highest BCUT2D eigenvalue weighted by molar-refractivity contribution is 5.53. The molecule has 32 heavy (non-hydrogen) atoms. The Kier molecular flexibility index (Phi) is 6.60. The van der Waals surface area contributed by atoms with Gasteiger partial charge in [-0.05, 0) is 51.1 Å². The lowest BCUT2D eigenvalue weighted by Crippen LogP contribution is -2.42. The summed E-state index contributed by atoms with van der Waals surface area (Å²) in [5.74, 6) is 0.218. The van der Waals surface area contributed by atoms with E-state index in [0.717, 1.165) is 24.7 Å². The predicted molar refractivity (Wildman–Crippen MR) is 126 cm³/mol. The minimum absolute atomic E-state index is 0.0295. The Balaban J connectivity index is 2.13. The number of halogens is 2. The molecule has 0 fully saturated rings. The van der Waals surface area contributed by atoms with Crippen LogP contribution in [0.5, 0.6) is 0 Å². The van der Waals surface area contributed by atoms with Crippen molar-refractivity contribution in [2.45, 2.75) is 78.7 Å². The second kappa shape index (κ2) is 8.76. The van der Waals surface area contributed by atoms with Crippen molar-refractivity contribution in [3.05, 3.63) is 70.5 Å². The molecule has 0 spiro atoms. The number of hydrogen-bond donors (Lipinski definition) is 0. The van der Waals surface area contributed by atoms with Crippen molar-refractivity contribution in [3.63, 3.8) is 0 Å². The lowest BCUT2D eigenvalue weighted by Gasteiger charge is -2.26. The van der Waals surface area contributed by atoms with Crippen LogP contribution in [0, 0.1) is 11.6 Å². The van der Waals surface area contributed by atoms with E-state index in [9.17, 15) is 8.78 Å². The maximum atomic E-state index is 14.5. The van der Waals surface area contributed by atoms with E-state index in [-0.39, 0.29) is 10.8 Å². The highest BCUT2D eigenvalue weighted by atomic mass is 19.1. The highest BCUT2D eigenvalue weighted by Gasteiger charge is 2.28. The molecule has 0 bridgehead atoms. The molecule has 5 heteroatoms. The molecule has 0 aliphatic carbocycles. The van der Waals surface area contributed by atoms with Gasteiger partial charge in [-0.2, -0.15) is 9.36 Å². The van der Waals surface area contributed by atoms with Gasteiger partial charge in [-0.15, -0.1) is 0 Å². The number of rotatable bonds is 5. The van der Waals surface area contributed by atoms with Gasteiger partial charge < -0.3 is 0 Å². The molecule has 0 N–H and O–H groups in total. The molecule has 0 atom stereocenters. The molecule has 0 aliphatic heterocycles. The molecule has 0 radical (unpaired) electrons. The molecule has 1 heterocycles. The summed E-state index contributed by atoms with van der Waals surface area (Å²) in [6.07, 6.45) is 1.71. The van der Waals surface area contributed by atoms with E-state index in [1.807, 2.05) is 11.7 Å². The standard InChI is InChI=1S/C27H36F2N3/c1-9-10-24-30-25(22-12-11-21(28)16-23(22)29)31(8)32(24)17-18-13-19(26(2,3)4)15-20(14-18)27(5,6)7/h11-16H,9-10,17H2,1-8H3/q+1. The zero-order chi connectivity index (χ0) is 23.8. The van der Waals surface area contributed by atoms with Gasteiger partial charge in [0.05, 0.1) is 6.54 Å². The zero-order valence-electron chi connectivity index (χ0n) is 20.7. The molecule has 1 aromatic heterocycles. The molecule has 0 saturated carbocycles. The molecule has 3 rings (SSSR count). The summed E-state index contributed by atoms with van der Waals surface area (Å²) < 4.78 is 32.0. The third kappa shape index (κ3) is 5.08. The van der Waals surface area contributed by atoms with E-state index in [1.54, 1.807) is 0 Å². The van der Waals surface area contributed by atoms with Crippen molar-refractivity contribution in [2.24, 2.45) is 7.05 Å². The number of nitrogens with zero attached hydrogens (tertiary/aromatic N) is 3. The van der Waals surface area contributed by atoms with E-state index in [0.29, 0.717) is 17.9 Å². The smallest absolute Gasteiger partial charge is 0.207 e. The van der Waals surface area contributed by atoms with Gasteiger partial charge in [-0.1, -0.05) is 66.7 Å². The number of aromatic nitrogens is 3. The van der Waals surface area contributed by atoms with Crippen LogP contribution in [0.15, 0.2) is 36.4 Å². The van der Waals surface area contributed by atoms with Crippen LogP contribution in [0.25, 0.3) is 11.4 Å². The first-order valence-corrected chi connectivity index (χ1v) is 11.4. The average molecular weight is 441 g/mol. The Bertz CT molecular complexity index is 1080. The van der Waals surface area contributed by atoms with Crippen molar-refractivity contribution in [2.75, 3.05) is 0 Å². The molecule has 3 nitrogen and oxygen atoms in total. The SMILES string of the molecule is CCCc1nc(-c2ccc(F)cc2F)[n+](C)n1Cc1cc(C(C)(C)C)cc(C(C)(C)C)c1. The van der Waals surface area contributed by atoms with Gasteiger partial charge in [0.1, 0.15) is 24.2 Å². The van der Waals surface area contributed by atoms with Crippen LogP contribution in [-0.2, 0) is 30.8 Å². The lowest BCUT2D eigenvalue weighted by molar-refractivity contribution is -0.744. The number of hydrogen-bond acceptors (Lipinski definition) is 1. The monoisotopic (exact) mass is 440 g/mol. The molecule has 0 saturated heterocycles. The van der Waals surface area contributed by atoms with Crippen molar-refractivity contribution in [1.29, 1.82) is 0 Å². The van der Waals surface area contributed by atoms with Crippen molar-refractivity contribution < 1.29 is 13.5 Å². The number of benzene rings is 2. The van der Waals surface area contributed by atoms with Crippen LogP contribution in [-0.4, -0.2) is 9.67 Å². The van der Waals surface area contributed by atoms with Crippen LogP contribution < -0.4 is 4.68 Å². The molecular weight excluding hydrogens is 404 g/mol. The Morgan fingerprint density at radius 1 is 0.906 bits per heavy atom. The van der Waals surface area contributed by atoms with Crippen LogP contribution in [0.1, 0.15) is 77.4 Å². The topological polar surface area (TPSA) is 21.7 Å². The quantitative estimate of drug-likeness (QED) is 0.430. The van der Waals surface area contributed by atoms with Crippen molar-refractivity contribution >= 4 is 0 Å².